The van der Waals surface area contributed by atoms with E-state index in [2.05, 4.69) is 27.8 Å². The number of fused-ring (bicyclic) bond motifs is 1. The Hall–Kier alpha value is -1.40. The van der Waals surface area contributed by atoms with Crippen LogP contribution < -0.4 is 10.6 Å². The highest BCUT2D eigenvalue weighted by Gasteiger charge is 2.21. The minimum atomic E-state index is -0.120. The fourth-order valence-electron chi connectivity index (χ4n) is 2.67. The third kappa shape index (κ3) is 3.58. The summed E-state index contributed by atoms with van der Waals surface area (Å²) in [5.74, 6) is 0.215. The first-order chi connectivity index (χ1) is 9.76. The van der Waals surface area contributed by atoms with Gasteiger partial charge in [-0.25, -0.2) is 0 Å². The zero-order valence-electron chi connectivity index (χ0n) is 12.0. The van der Waals surface area contributed by atoms with Crippen molar-refractivity contribution in [3.63, 3.8) is 0 Å². The molecule has 0 saturated carbocycles. The van der Waals surface area contributed by atoms with E-state index in [0.29, 0.717) is 24.7 Å². The number of aromatic nitrogens is 2. The molecule has 112 valence electrons. The van der Waals surface area contributed by atoms with Crippen LogP contribution in [-0.2, 0) is 13.0 Å². The highest BCUT2D eigenvalue weighted by Crippen LogP contribution is 2.15. The minimum absolute atomic E-state index is 0.120. The summed E-state index contributed by atoms with van der Waals surface area (Å²) in [7, 11) is 0. The quantitative estimate of drug-likeness (QED) is 0.588. The second-order valence-corrected chi connectivity index (χ2v) is 5.33. The zero-order chi connectivity index (χ0) is 14.4. The van der Waals surface area contributed by atoms with Crippen LogP contribution in [0.5, 0.6) is 0 Å². The molecule has 2 rings (SSSR count). The van der Waals surface area contributed by atoms with Crippen molar-refractivity contribution < 1.29 is 9.90 Å². The molecule has 6 nitrogen and oxygen atoms in total. The smallest absolute Gasteiger partial charge is 0.272 e. The van der Waals surface area contributed by atoms with Gasteiger partial charge in [0.2, 0.25) is 0 Å². The third-order valence-electron chi connectivity index (χ3n) is 3.81. The first-order valence-corrected chi connectivity index (χ1v) is 7.42. The average molecular weight is 280 g/mol. The first-order valence-electron chi connectivity index (χ1n) is 7.42. The topological polar surface area (TPSA) is 90.0 Å². The van der Waals surface area contributed by atoms with Crippen LogP contribution in [-0.4, -0.2) is 40.9 Å². The van der Waals surface area contributed by atoms with Gasteiger partial charge in [0.1, 0.15) is 0 Å². The second kappa shape index (κ2) is 7.40. The summed E-state index contributed by atoms with van der Waals surface area (Å²) in [6, 6.07) is 0. The summed E-state index contributed by atoms with van der Waals surface area (Å²) in [6.07, 6.45) is 3.69. The fourth-order valence-corrected chi connectivity index (χ4v) is 2.67. The van der Waals surface area contributed by atoms with Crippen molar-refractivity contribution in [1.82, 2.24) is 20.8 Å². The Labute approximate surface area is 119 Å². The van der Waals surface area contributed by atoms with Crippen molar-refractivity contribution in [2.45, 2.75) is 39.2 Å². The highest BCUT2D eigenvalue weighted by molar-refractivity contribution is 5.94. The third-order valence-corrected chi connectivity index (χ3v) is 3.81. The van der Waals surface area contributed by atoms with Gasteiger partial charge in [-0.15, -0.1) is 0 Å². The Morgan fingerprint density at radius 1 is 1.50 bits per heavy atom. The molecule has 0 radical (unpaired) electrons. The van der Waals surface area contributed by atoms with E-state index in [9.17, 15) is 4.79 Å². The van der Waals surface area contributed by atoms with Crippen LogP contribution in [0.4, 0.5) is 0 Å². The number of rotatable bonds is 7. The number of hydrogen-bond donors (Lipinski definition) is 4. The number of carbonyl (C=O) groups is 1. The number of aliphatic hydroxyl groups excluding tert-OH is 1. The SMILES string of the molecule is CCCC(CCO)CNC(=O)c1n[nH]c2c1CNCC2. The normalized spacial score (nSPS) is 15.7. The van der Waals surface area contributed by atoms with Gasteiger partial charge in [0, 0.05) is 43.9 Å². The molecule has 0 aromatic carbocycles. The predicted octanol–water partition coefficient (Wildman–Crippen LogP) is 0.584. The molecular weight excluding hydrogens is 256 g/mol. The van der Waals surface area contributed by atoms with Crippen LogP contribution in [0.3, 0.4) is 0 Å². The van der Waals surface area contributed by atoms with Gasteiger partial charge in [-0.3, -0.25) is 9.89 Å². The minimum Gasteiger partial charge on any atom is -0.396 e. The first kappa shape index (κ1) is 15.0. The van der Waals surface area contributed by atoms with Crippen LogP contribution in [0, 0.1) is 5.92 Å². The number of carbonyl (C=O) groups excluding carboxylic acids is 1. The van der Waals surface area contributed by atoms with Gasteiger partial charge in [-0.05, 0) is 18.8 Å². The Kier molecular flexibility index (Phi) is 5.55. The van der Waals surface area contributed by atoms with Crippen LogP contribution in [0.15, 0.2) is 0 Å². The van der Waals surface area contributed by atoms with E-state index in [1.54, 1.807) is 0 Å². The highest BCUT2D eigenvalue weighted by atomic mass is 16.3. The molecule has 0 bridgehead atoms. The summed E-state index contributed by atoms with van der Waals surface area (Å²) >= 11 is 0. The lowest BCUT2D eigenvalue weighted by Gasteiger charge is -2.16. The molecule has 1 aliphatic rings. The van der Waals surface area contributed by atoms with Gasteiger partial charge in [-0.2, -0.15) is 5.10 Å². The van der Waals surface area contributed by atoms with Gasteiger partial charge < -0.3 is 15.7 Å². The number of H-pyrrole nitrogens is 1. The molecule has 4 N–H and O–H groups in total. The van der Waals surface area contributed by atoms with Crippen molar-refractivity contribution in [2.24, 2.45) is 5.92 Å². The van der Waals surface area contributed by atoms with Crippen molar-refractivity contribution in [1.29, 1.82) is 0 Å². The van der Waals surface area contributed by atoms with Crippen molar-refractivity contribution in [3.05, 3.63) is 17.0 Å². The molecule has 6 heteroatoms. The lowest BCUT2D eigenvalue weighted by Crippen LogP contribution is -2.32. The van der Waals surface area contributed by atoms with E-state index in [0.717, 1.165) is 43.5 Å². The average Bonchev–Trinajstić information content (AvgIpc) is 2.89. The molecular formula is C14H24N4O2. The van der Waals surface area contributed by atoms with E-state index in [1.807, 2.05) is 0 Å². The van der Waals surface area contributed by atoms with Crippen molar-refractivity contribution in [3.8, 4) is 0 Å². The van der Waals surface area contributed by atoms with E-state index < -0.39 is 0 Å². The van der Waals surface area contributed by atoms with Gasteiger partial charge in [0.15, 0.2) is 5.69 Å². The molecule has 1 aliphatic heterocycles. The maximum absolute atomic E-state index is 12.2. The molecule has 1 atom stereocenters. The monoisotopic (exact) mass is 280 g/mol. The predicted molar refractivity (Wildman–Crippen MR) is 76.4 cm³/mol. The molecule has 0 saturated heterocycles. The van der Waals surface area contributed by atoms with Gasteiger partial charge >= 0.3 is 0 Å². The lowest BCUT2D eigenvalue weighted by molar-refractivity contribution is 0.0936. The molecule has 1 aromatic rings. The molecule has 20 heavy (non-hydrogen) atoms. The standard InChI is InChI=1S/C14H24N4O2/c1-2-3-10(5-7-19)8-16-14(20)13-11-9-15-6-4-12(11)17-18-13/h10,15,19H,2-9H2,1H3,(H,16,20)(H,17,18). The molecule has 0 aliphatic carbocycles. The molecule has 1 aromatic heterocycles. The number of nitrogens with zero attached hydrogens (tertiary/aromatic N) is 1. The fraction of sp³-hybridized carbons (Fsp3) is 0.714. The molecule has 0 fully saturated rings. The Morgan fingerprint density at radius 2 is 2.35 bits per heavy atom. The maximum atomic E-state index is 12.2. The van der Waals surface area contributed by atoms with Crippen LogP contribution in [0.25, 0.3) is 0 Å². The summed E-state index contributed by atoms with van der Waals surface area (Å²) < 4.78 is 0. The second-order valence-electron chi connectivity index (χ2n) is 5.33. The van der Waals surface area contributed by atoms with E-state index in [-0.39, 0.29) is 12.5 Å². The Balaban J connectivity index is 1.92. The van der Waals surface area contributed by atoms with Crippen LogP contribution >= 0.6 is 0 Å². The van der Waals surface area contributed by atoms with Crippen LogP contribution in [0.1, 0.15) is 47.9 Å². The van der Waals surface area contributed by atoms with Gasteiger partial charge in [-0.1, -0.05) is 13.3 Å². The number of nitrogens with one attached hydrogen (secondary N) is 3. The largest absolute Gasteiger partial charge is 0.396 e. The molecule has 2 heterocycles. The Bertz CT molecular complexity index is 438. The van der Waals surface area contributed by atoms with Crippen molar-refractivity contribution >= 4 is 5.91 Å². The van der Waals surface area contributed by atoms with Crippen LogP contribution in [0.2, 0.25) is 0 Å². The van der Waals surface area contributed by atoms with E-state index >= 15 is 0 Å². The van der Waals surface area contributed by atoms with Gasteiger partial charge in [0.05, 0.1) is 0 Å². The number of hydrogen-bond acceptors (Lipinski definition) is 4. The van der Waals surface area contributed by atoms with Gasteiger partial charge in [0.25, 0.3) is 5.91 Å². The number of aliphatic hydroxyl groups is 1. The summed E-state index contributed by atoms with van der Waals surface area (Å²) in [5.41, 5.74) is 2.56. The lowest BCUT2D eigenvalue weighted by atomic mass is 10.00. The maximum Gasteiger partial charge on any atom is 0.272 e. The zero-order valence-corrected chi connectivity index (χ0v) is 12.0. The summed E-state index contributed by atoms with van der Waals surface area (Å²) in [4.78, 5) is 12.2. The summed E-state index contributed by atoms with van der Waals surface area (Å²) in [6.45, 7) is 4.50. The number of amides is 1. The van der Waals surface area contributed by atoms with Crippen molar-refractivity contribution in [2.75, 3.05) is 19.7 Å². The summed E-state index contributed by atoms with van der Waals surface area (Å²) in [5, 5.41) is 22.3. The molecule has 0 spiro atoms. The molecule has 1 amide bonds. The Morgan fingerprint density at radius 3 is 3.10 bits per heavy atom. The van der Waals surface area contributed by atoms with E-state index in [1.165, 1.54) is 0 Å². The van der Waals surface area contributed by atoms with E-state index in [4.69, 9.17) is 5.11 Å². The molecule has 1 unspecified atom stereocenters. The number of aromatic amines is 1.